The van der Waals surface area contributed by atoms with Gasteiger partial charge in [0.25, 0.3) is 5.69 Å². The maximum atomic E-state index is 10.5. The second kappa shape index (κ2) is 5.04. The van der Waals surface area contributed by atoms with Crippen LogP contribution in [0.3, 0.4) is 0 Å². The summed E-state index contributed by atoms with van der Waals surface area (Å²) in [5.74, 6) is 0.321. The van der Waals surface area contributed by atoms with Crippen LogP contribution < -0.4 is 4.90 Å². The third-order valence-electron chi connectivity index (χ3n) is 1.98. The van der Waals surface area contributed by atoms with Crippen molar-refractivity contribution in [2.75, 3.05) is 25.1 Å². The molecule has 1 aromatic heterocycles. The highest BCUT2D eigenvalue weighted by Gasteiger charge is 2.14. The number of aliphatic hydroxyl groups is 1. The van der Waals surface area contributed by atoms with Gasteiger partial charge >= 0.3 is 0 Å². The van der Waals surface area contributed by atoms with Gasteiger partial charge in [-0.15, -0.1) is 0 Å². The predicted molar refractivity (Wildman–Crippen MR) is 56.0 cm³/mol. The van der Waals surface area contributed by atoms with Crippen LogP contribution in [0.4, 0.5) is 11.5 Å². The number of anilines is 1. The molecular weight excluding hydrogens is 212 g/mol. The molecule has 0 aromatic carbocycles. The van der Waals surface area contributed by atoms with Crippen LogP contribution in [0.2, 0.25) is 0 Å². The number of likely N-dealkylation sites (N-methyl/N-ethyl adjacent to an activating group) is 1. The number of pyridine rings is 1. The molecule has 0 radical (unpaired) electrons. The molecule has 0 saturated carbocycles. The first kappa shape index (κ1) is 11.9. The summed E-state index contributed by atoms with van der Waals surface area (Å²) in [5.41, 5.74) is -0.108. The van der Waals surface area contributed by atoms with Crippen LogP contribution in [-0.2, 0) is 0 Å². The van der Waals surface area contributed by atoms with Gasteiger partial charge in [-0.3, -0.25) is 10.1 Å². The second-order valence-corrected chi connectivity index (χ2v) is 3.08. The summed E-state index contributed by atoms with van der Waals surface area (Å²) in [6, 6.07) is 3.00. The fraction of sp³-hybridized carbons (Fsp3) is 0.333. The molecule has 1 heterocycles. The molecule has 7 nitrogen and oxygen atoms in total. The van der Waals surface area contributed by atoms with Gasteiger partial charge in [-0.2, -0.15) is 5.26 Å². The van der Waals surface area contributed by atoms with E-state index in [4.69, 9.17) is 10.4 Å². The van der Waals surface area contributed by atoms with E-state index in [9.17, 15) is 10.1 Å². The molecule has 84 valence electrons. The van der Waals surface area contributed by atoms with E-state index in [0.29, 0.717) is 12.4 Å². The largest absolute Gasteiger partial charge is 0.395 e. The number of aromatic nitrogens is 1. The van der Waals surface area contributed by atoms with Gasteiger partial charge in [-0.05, 0) is 0 Å². The minimum atomic E-state index is -0.607. The van der Waals surface area contributed by atoms with Crippen LogP contribution in [0.25, 0.3) is 0 Å². The molecule has 0 spiro atoms. The third-order valence-corrected chi connectivity index (χ3v) is 1.98. The van der Waals surface area contributed by atoms with Crippen molar-refractivity contribution in [3.63, 3.8) is 0 Å². The van der Waals surface area contributed by atoms with Gasteiger partial charge in [0, 0.05) is 19.7 Å². The minimum Gasteiger partial charge on any atom is -0.395 e. The van der Waals surface area contributed by atoms with Crippen LogP contribution in [-0.4, -0.2) is 35.2 Å². The van der Waals surface area contributed by atoms with E-state index >= 15 is 0 Å². The molecule has 1 aromatic rings. The smallest absolute Gasteiger partial charge is 0.289 e. The van der Waals surface area contributed by atoms with Crippen LogP contribution in [0.1, 0.15) is 5.56 Å². The molecule has 0 amide bonds. The van der Waals surface area contributed by atoms with Crippen molar-refractivity contribution >= 4 is 11.5 Å². The number of rotatable bonds is 4. The molecule has 1 N–H and O–H groups in total. The van der Waals surface area contributed by atoms with Gasteiger partial charge in [0.2, 0.25) is 0 Å². The van der Waals surface area contributed by atoms with Gasteiger partial charge in [0.15, 0.2) is 0 Å². The van der Waals surface area contributed by atoms with Crippen LogP contribution in [0.5, 0.6) is 0 Å². The summed E-state index contributed by atoms with van der Waals surface area (Å²) in [6.07, 6.45) is 1.09. The Balaban J connectivity index is 3.12. The number of aliphatic hydroxyl groups excluding tert-OH is 1. The minimum absolute atomic E-state index is 0.0833. The molecule has 0 aliphatic rings. The van der Waals surface area contributed by atoms with Crippen molar-refractivity contribution in [2.24, 2.45) is 0 Å². The Bertz CT molecular complexity index is 441. The first-order chi connectivity index (χ1) is 7.60. The Hall–Kier alpha value is -2.20. The number of nitriles is 1. The van der Waals surface area contributed by atoms with Crippen molar-refractivity contribution in [1.82, 2.24) is 4.98 Å². The first-order valence-electron chi connectivity index (χ1n) is 4.46. The lowest BCUT2D eigenvalue weighted by Crippen LogP contribution is -2.23. The Kier molecular flexibility index (Phi) is 3.74. The summed E-state index contributed by atoms with van der Waals surface area (Å²) in [7, 11) is 1.64. The van der Waals surface area contributed by atoms with Gasteiger partial charge < -0.3 is 10.0 Å². The van der Waals surface area contributed by atoms with Crippen LogP contribution >= 0.6 is 0 Å². The zero-order valence-electron chi connectivity index (χ0n) is 8.62. The Morgan fingerprint density at radius 2 is 2.44 bits per heavy atom. The monoisotopic (exact) mass is 222 g/mol. The molecule has 0 fully saturated rings. The molecule has 16 heavy (non-hydrogen) atoms. The molecule has 0 saturated heterocycles. The number of nitro groups is 1. The number of hydrogen-bond acceptors (Lipinski definition) is 6. The van der Waals surface area contributed by atoms with Gasteiger partial charge in [-0.25, -0.2) is 4.98 Å². The third kappa shape index (κ3) is 2.43. The fourth-order valence-electron chi connectivity index (χ4n) is 1.19. The first-order valence-corrected chi connectivity index (χ1v) is 4.46. The van der Waals surface area contributed by atoms with Crippen molar-refractivity contribution in [1.29, 1.82) is 5.26 Å². The quantitative estimate of drug-likeness (QED) is 0.580. The van der Waals surface area contributed by atoms with E-state index < -0.39 is 4.92 Å². The van der Waals surface area contributed by atoms with E-state index in [-0.39, 0.29) is 17.9 Å². The van der Waals surface area contributed by atoms with E-state index in [1.807, 2.05) is 6.07 Å². The number of nitrogens with zero attached hydrogens (tertiary/aromatic N) is 4. The van der Waals surface area contributed by atoms with E-state index in [0.717, 1.165) is 12.3 Å². The van der Waals surface area contributed by atoms with Gasteiger partial charge in [-0.1, -0.05) is 0 Å². The zero-order chi connectivity index (χ0) is 12.1. The molecule has 0 unspecified atom stereocenters. The summed E-state index contributed by atoms with van der Waals surface area (Å²) in [4.78, 5) is 15.3. The molecular formula is C9H10N4O3. The lowest BCUT2D eigenvalue weighted by molar-refractivity contribution is -0.385. The van der Waals surface area contributed by atoms with Crippen molar-refractivity contribution in [3.8, 4) is 6.07 Å². The molecule has 0 atom stereocenters. The highest BCUT2D eigenvalue weighted by atomic mass is 16.6. The summed E-state index contributed by atoms with van der Waals surface area (Å²) in [5, 5.41) is 28.1. The second-order valence-electron chi connectivity index (χ2n) is 3.08. The highest BCUT2D eigenvalue weighted by Crippen LogP contribution is 2.20. The van der Waals surface area contributed by atoms with Crippen LogP contribution in [0.15, 0.2) is 12.3 Å². The lowest BCUT2D eigenvalue weighted by atomic mass is 10.2. The predicted octanol–water partition coefficient (Wildman–Crippen LogP) is 0.290. The molecule has 0 aliphatic carbocycles. The van der Waals surface area contributed by atoms with Crippen molar-refractivity contribution < 1.29 is 10.0 Å². The Morgan fingerprint density at radius 3 is 2.94 bits per heavy atom. The van der Waals surface area contributed by atoms with Crippen molar-refractivity contribution in [3.05, 3.63) is 27.9 Å². The SMILES string of the molecule is CN(CCO)c1ncc([N+](=O)[O-])cc1C#N. The average Bonchev–Trinajstić information content (AvgIpc) is 2.28. The molecule has 7 heteroatoms. The molecule has 0 aliphatic heterocycles. The molecule has 1 rings (SSSR count). The summed E-state index contributed by atoms with van der Waals surface area (Å²) >= 11 is 0. The van der Waals surface area contributed by atoms with E-state index in [1.165, 1.54) is 0 Å². The normalized spacial score (nSPS) is 9.56. The van der Waals surface area contributed by atoms with Gasteiger partial charge in [0.05, 0.1) is 11.5 Å². The highest BCUT2D eigenvalue weighted by molar-refractivity contribution is 5.56. The standard InChI is InChI=1S/C9H10N4O3/c1-12(2-3-14)9-7(5-10)4-8(6-11-9)13(15)16/h4,6,14H,2-3H2,1H3. The number of hydrogen-bond donors (Lipinski definition) is 1. The van der Waals surface area contributed by atoms with E-state index in [1.54, 1.807) is 11.9 Å². The topological polar surface area (TPSA) is 103 Å². The maximum Gasteiger partial charge on any atom is 0.289 e. The van der Waals surface area contributed by atoms with Crippen molar-refractivity contribution in [2.45, 2.75) is 0 Å². The average molecular weight is 222 g/mol. The summed E-state index contributed by atoms with van der Waals surface area (Å²) in [6.45, 7) is 0.222. The fourth-order valence-corrected chi connectivity index (χ4v) is 1.19. The lowest BCUT2D eigenvalue weighted by Gasteiger charge is -2.17. The van der Waals surface area contributed by atoms with Gasteiger partial charge in [0.1, 0.15) is 23.6 Å². The Morgan fingerprint density at radius 1 is 1.75 bits per heavy atom. The summed E-state index contributed by atoms with van der Waals surface area (Å²) < 4.78 is 0. The van der Waals surface area contributed by atoms with E-state index in [2.05, 4.69) is 4.98 Å². The zero-order valence-corrected chi connectivity index (χ0v) is 8.62. The van der Waals surface area contributed by atoms with Crippen LogP contribution in [0, 0.1) is 21.4 Å². The maximum absolute atomic E-state index is 10.5. The Labute approximate surface area is 91.7 Å². The molecule has 0 bridgehead atoms.